The molecule has 0 unspecified atom stereocenters. The van der Waals surface area contributed by atoms with Crippen LogP contribution in [0.5, 0.6) is 0 Å². The number of aromatic carboxylic acids is 1. The number of halogens is 3. The highest BCUT2D eigenvalue weighted by molar-refractivity contribution is 5.86. The van der Waals surface area contributed by atoms with E-state index in [1.165, 1.54) is 11.2 Å². The third-order valence-electron chi connectivity index (χ3n) is 3.20. The van der Waals surface area contributed by atoms with Crippen molar-refractivity contribution in [3.63, 3.8) is 0 Å². The van der Waals surface area contributed by atoms with Crippen LogP contribution in [0.2, 0.25) is 0 Å². The molecule has 112 valence electrons. The molecule has 0 bridgehead atoms. The third kappa shape index (κ3) is 3.97. The normalized spacial score (nSPS) is 18.4. The quantitative estimate of drug-likeness (QED) is 0.914. The van der Waals surface area contributed by atoms with E-state index in [9.17, 15) is 18.0 Å². The van der Waals surface area contributed by atoms with Crippen LogP contribution in [0.1, 0.15) is 16.1 Å². The number of piperazine rings is 1. The van der Waals surface area contributed by atoms with E-state index in [-0.39, 0.29) is 5.76 Å². The summed E-state index contributed by atoms with van der Waals surface area (Å²) in [6.45, 7) is 1.06. The van der Waals surface area contributed by atoms with Gasteiger partial charge in [0.2, 0.25) is 5.76 Å². The van der Waals surface area contributed by atoms with E-state index >= 15 is 0 Å². The van der Waals surface area contributed by atoms with E-state index in [0.29, 0.717) is 38.3 Å². The summed E-state index contributed by atoms with van der Waals surface area (Å²) < 4.78 is 41.6. The molecule has 2 rings (SSSR count). The zero-order valence-electron chi connectivity index (χ0n) is 10.7. The lowest BCUT2D eigenvalue weighted by Crippen LogP contribution is -2.48. The number of nitrogens with zero attached hydrogens (tertiary/aromatic N) is 2. The predicted molar refractivity (Wildman–Crippen MR) is 63.4 cm³/mol. The first kappa shape index (κ1) is 14.9. The molecule has 1 aromatic rings. The van der Waals surface area contributed by atoms with Gasteiger partial charge in [0.15, 0.2) is 0 Å². The van der Waals surface area contributed by atoms with Crippen LogP contribution < -0.4 is 0 Å². The highest BCUT2D eigenvalue weighted by Gasteiger charge is 2.32. The summed E-state index contributed by atoms with van der Waals surface area (Å²) in [5, 5.41) is 8.91. The smallest absolute Gasteiger partial charge is 0.401 e. The maximum atomic E-state index is 12.3. The Kier molecular flexibility index (Phi) is 4.34. The minimum Gasteiger partial charge on any atom is -0.475 e. The molecule has 0 atom stereocenters. The Balaban J connectivity index is 1.85. The summed E-state index contributed by atoms with van der Waals surface area (Å²) in [6.07, 6.45) is -2.87. The van der Waals surface area contributed by atoms with Crippen molar-refractivity contribution in [3.05, 3.63) is 23.7 Å². The maximum Gasteiger partial charge on any atom is 0.401 e. The Hall–Kier alpha value is -1.54. The molecule has 1 aliphatic heterocycles. The van der Waals surface area contributed by atoms with Gasteiger partial charge in [-0.15, -0.1) is 0 Å². The average molecular weight is 292 g/mol. The Morgan fingerprint density at radius 3 is 2.40 bits per heavy atom. The standard InChI is InChI=1S/C12H15F3N2O3/c13-12(14,15)8-17-4-2-16(3-5-17)7-9-1-6-20-10(9)11(18)19/h1,6H,2-5,7-8H2,(H,18,19). The number of carboxylic acid groups (broad SMARTS) is 1. The number of furan rings is 1. The minimum absolute atomic E-state index is 0.109. The SMILES string of the molecule is O=C(O)c1occc1CN1CCN(CC(F)(F)F)CC1. The van der Waals surface area contributed by atoms with E-state index in [4.69, 9.17) is 9.52 Å². The van der Waals surface area contributed by atoms with Crippen molar-refractivity contribution in [1.29, 1.82) is 0 Å². The lowest BCUT2D eigenvalue weighted by molar-refractivity contribution is -0.149. The van der Waals surface area contributed by atoms with Gasteiger partial charge >= 0.3 is 12.1 Å². The third-order valence-corrected chi connectivity index (χ3v) is 3.20. The summed E-state index contributed by atoms with van der Waals surface area (Å²) in [5.74, 6) is -1.25. The van der Waals surface area contributed by atoms with Gasteiger partial charge in [-0.2, -0.15) is 13.2 Å². The van der Waals surface area contributed by atoms with E-state index < -0.39 is 18.7 Å². The molecule has 0 aromatic carbocycles. The number of hydrogen-bond donors (Lipinski definition) is 1. The molecule has 0 saturated carbocycles. The van der Waals surface area contributed by atoms with Gasteiger partial charge in [0.25, 0.3) is 0 Å². The van der Waals surface area contributed by atoms with Gasteiger partial charge in [-0.3, -0.25) is 9.80 Å². The summed E-state index contributed by atoms with van der Waals surface area (Å²) in [5.41, 5.74) is 0.543. The summed E-state index contributed by atoms with van der Waals surface area (Å²) in [7, 11) is 0. The minimum atomic E-state index is -4.18. The molecule has 0 aliphatic carbocycles. The van der Waals surface area contributed by atoms with Crippen LogP contribution in [0.3, 0.4) is 0 Å². The number of carboxylic acids is 1. The van der Waals surface area contributed by atoms with Crippen molar-refractivity contribution >= 4 is 5.97 Å². The largest absolute Gasteiger partial charge is 0.475 e. The first-order chi connectivity index (χ1) is 9.35. The van der Waals surface area contributed by atoms with Gasteiger partial charge in [0, 0.05) is 38.3 Å². The number of rotatable bonds is 4. The van der Waals surface area contributed by atoms with Gasteiger partial charge in [-0.1, -0.05) is 0 Å². The molecular weight excluding hydrogens is 277 g/mol. The molecule has 2 heterocycles. The molecule has 1 N–H and O–H groups in total. The van der Waals surface area contributed by atoms with Crippen molar-refractivity contribution in [2.45, 2.75) is 12.7 Å². The van der Waals surface area contributed by atoms with Crippen LogP contribution in [0.25, 0.3) is 0 Å². The van der Waals surface area contributed by atoms with Crippen LogP contribution in [0, 0.1) is 0 Å². The molecule has 1 aromatic heterocycles. The molecule has 1 saturated heterocycles. The Morgan fingerprint density at radius 2 is 1.85 bits per heavy atom. The molecular formula is C12H15F3N2O3. The van der Waals surface area contributed by atoms with Gasteiger partial charge in [-0.25, -0.2) is 4.79 Å². The highest BCUT2D eigenvalue weighted by Crippen LogP contribution is 2.19. The van der Waals surface area contributed by atoms with Gasteiger partial charge in [-0.05, 0) is 6.07 Å². The van der Waals surface area contributed by atoms with Crippen molar-refractivity contribution < 1.29 is 27.5 Å². The molecule has 1 aliphatic rings. The van der Waals surface area contributed by atoms with Crippen molar-refractivity contribution in [3.8, 4) is 0 Å². The van der Waals surface area contributed by atoms with Crippen LogP contribution >= 0.6 is 0 Å². The van der Waals surface area contributed by atoms with Crippen molar-refractivity contribution in [2.75, 3.05) is 32.7 Å². The van der Waals surface area contributed by atoms with E-state index in [2.05, 4.69) is 0 Å². The van der Waals surface area contributed by atoms with Crippen molar-refractivity contribution in [2.24, 2.45) is 0 Å². The first-order valence-corrected chi connectivity index (χ1v) is 6.16. The van der Waals surface area contributed by atoms with Gasteiger partial charge in [0.05, 0.1) is 12.8 Å². The second kappa shape index (κ2) is 5.84. The fourth-order valence-electron chi connectivity index (χ4n) is 2.25. The number of hydrogen-bond acceptors (Lipinski definition) is 4. The summed E-state index contributed by atoms with van der Waals surface area (Å²) in [4.78, 5) is 14.2. The molecule has 0 radical (unpaired) electrons. The van der Waals surface area contributed by atoms with E-state index in [0.717, 1.165) is 0 Å². The lowest BCUT2D eigenvalue weighted by Gasteiger charge is -2.34. The topological polar surface area (TPSA) is 56.9 Å². The van der Waals surface area contributed by atoms with Gasteiger partial charge in [0.1, 0.15) is 0 Å². The Bertz CT molecular complexity index is 465. The zero-order valence-corrected chi connectivity index (χ0v) is 10.7. The zero-order chi connectivity index (χ0) is 14.8. The van der Waals surface area contributed by atoms with Crippen LogP contribution in [-0.2, 0) is 6.54 Å². The Labute approximate surface area is 113 Å². The first-order valence-electron chi connectivity index (χ1n) is 6.16. The van der Waals surface area contributed by atoms with E-state index in [1.807, 2.05) is 4.90 Å². The fourth-order valence-corrected chi connectivity index (χ4v) is 2.25. The highest BCUT2D eigenvalue weighted by atomic mass is 19.4. The second-order valence-electron chi connectivity index (χ2n) is 4.75. The Morgan fingerprint density at radius 1 is 1.25 bits per heavy atom. The monoisotopic (exact) mass is 292 g/mol. The van der Waals surface area contributed by atoms with Crippen molar-refractivity contribution in [1.82, 2.24) is 9.80 Å². The second-order valence-corrected chi connectivity index (χ2v) is 4.75. The van der Waals surface area contributed by atoms with Gasteiger partial charge < -0.3 is 9.52 Å². The fraction of sp³-hybridized carbons (Fsp3) is 0.583. The van der Waals surface area contributed by atoms with Crippen LogP contribution in [-0.4, -0.2) is 59.8 Å². The van der Waals surface area contributed by atoms with Crippen LogP contribution in [0.4, 0.5) is 13.2 Å². The summed E-state index contributed by atoms with van der Waals surface area (Å²) >= 11 is 0. The molecule has 0 spiro atoms. The predicted octanol–water partition coefficient (Wildman–Crippen LogP) is 1.66. The molecule has 8 heteroatoms. The summed E-state index contributed by atoms with van der Waals surface area (Å²) in [6, 6.07) is 1.57. The van der Waals surface area contributed by atoms with E-state index in [1.54, 1.807) is 6.07 Å². The number of alkyl halides is 3. The van der Waals surface area contributed by atoms with Crippen LogP contribution in [0.15, 0.2) is 16.7 Å². The average Bonchev–Trinajstić information content (AvgIpc) is 2.78. The molecule has 1 fully saturated rings. The lowest BCUT2D eigenvalue weighted by atomic mass is 10.2. The molecule has 20 heavy (non-hydrogen) atoms. The molecule has 5 nitrogen and oxygen atoms in total. The molecule has 0 amide bonds. The maximum absolute atomic E-state index is 12.3. The number of carbonyl (C=O) groups is 1.